The van der Waals surface area contributed by atoms with Crippen molar-refractivity contribution >= 4 is 56.6 Å². The van der Waals surface area contributed by atoms with Gasteiger partial charge >= 0.3 is 0 Å². The van der Waals surface area contributed by atoms with Crippen molar-refractivity contribution in [3.8, 4) is 5.75 Å². The summed E-state index contributed by atoms with van der Waals surface area (Å²) < 4.78 is 24.6. The highest BCUT2D eigenvalue weighted by molar-refractivity contribution is 7.88. The maximum Gasteiger partial charge on any atom is 0.220 e. The summed E-state index contributed by atoms with van der Waals surface area (Å²) in [5.41, 5.74) is 4.02. The Kier molecular flexibility index (Phi) is 8.61. The van der Waals surface area contributed by atoms with Gasteiger partial charge in [-0.05, 0) is 47.4 Å². The third-order valence-electron chi connectivity index (χ3n) is 6.18. The summed E-state index contributed by atoms with van der Waals surface area (Å²) in [4.78, 5) is 12.4. The van der Waals surface area contributed by atoms with E-state index in [1.807, 2.05) is 71.4 Å². The summed E-state index contributed by atoms with van der Waals surface area (Å²) >= 11 is 7.29. The number of nitrogens with zero attached hydrogens (tertiary/aromatic N) is 2. The van der Waals surface area contributed by atoms with Crippen LogP contribution in [0.15, 0.2) is 89.1 Å². The molecule has 0 bridgehead atoms. The summed E-state index contributed by atoms with van der Waals surface area (Å²) in [5, 5.41) is 8.52. The fraction of sp³-hybridized carbons (Fsp3) is 0.172. The lowest BCUT2D eigenvalue weighted by Crippen LogP contribution is -2.23. The minimum Gasteiger partial charge on any atom is -0.496 e. The second-order valence-electron chi connectivity index (χ2n) is 8.87. The highest BCUT2D eigenvalue weighted by atomic mass is 35.5. The third-order valence-corrected chi connectivity index (χ3v) is 8.79. The van der Waals surface area contributed by atoms with Crippen molar-refractivity contribution in [2.75, 3.05) is 11.8 Å². The lowest BCUT2D eigenvalue weighted by atomic mass is 10.1. The minimum atomic E-state index is -1.53. The van der Waals surface area contributed by atoms with Gasteiger partial charge in [-0.3, -0.25) is 14.2 Å². The summed E-state index contributed by atoms with van der Waals surface area (Å²) in [6, 6.07) is 27.2. The number of anilines is 1. The number of ether oxygens (including phenoxy) is 1. The molecule has 1 amide bonds. The first-order valence-electron chi connectivity index (χ1n) is 12.4. The van der Waals surface area contributed by atoms with Crippen molar-refractivity contribution in [1.29, 1.82) is 0 Å². The van der Waals surface area contributed by atoms with E-state index in [0.29, 0.717) is 46.0 Å². The second-order valence-corrected chi connectivity index (χ2v) is 12.0. The average molecular weight is 579 g/mol. The first-order valence-corrected chi connectivity index (χ1v) is 14.7. The molecule has 0 saturated carbocycles. The van der Waals surface area contributed by atoms with E-state index in [0.717, 1.165) is 27.6 Å². The number of benzene rings is 3. The van der Waals surface area contributed by atoms with E-state index in [4.69, 9.17) is 21.4 Å². The molecule has 2 heterocycles. The van der Waals surface area contributed by atoms with Crippen LogP contribution in [0.1, 0.15) is 23.1 Å². The Hall–Kier alpha value is -3.66. The van der Waals surface area contributed by atoms with Crippen LogP contribution in [0, 0.1) is 0 Å². The van der Waals surface area contributed by atoms with Gasteiger partial charge in [-0.2, -0.15) is 5.10 Å². The Morgan fingerprint density at radius 1 is 1.00 bits per heavy atom. The number of hydrogen-bond donors (Lipinski definition) is 2. The zero-order valence-corrected chi connectivity index (χ0v) is 23.6. The molecule has 0 fully saturated rings. The van der Waals surface area contributed by atoms with Crippen molar-refractivity contribution in [1.82, 2.24) is 15.1 Å². The largest absolute Gasteiger partial charge is 0.496 e. The average Bonchev–Trinajstić information content (AvgIpc) is 3.55. The maximum atomic E-state index is 13.0. The summed E-state index contributed by atoms with van der Waals surface area (Å²) in [5.74, 6) is 1.12. The molecule has 0 aliphatic heterocycles. The molecule has 0 radical (unpaired) electrons. The van der Waals surface area contributed by atoms with Crippen LogP contribution < -0.4 is 14.8 Å². The van der Waals surface area contributed by atoms with Crippen LogP contribution in [0.4, 0.5) is 5.82 Å². The van der Waals surface area contributed by atoms with Crippen molar-refractivity contribution in [3.05, 3.63) is 106 Å². The molecular formula is C29H27ClN4O3S2. The number of hydrogen-bond acceptors (Lipinski definition) is 5. The number of fused-ring (bicyclic) bond motifs is 1. The third kappa shape index (κ3) is 6.68. The SMILES string of the molecule is COc1cccc2c1c(NS(=O)c1ccc(Cl)s1)nn2Cc1cccc(CNC(=O)CCc2ccccc2)c1. The van der Waals surface area contributed by atoms with Crippen molar-refractivity contribution < 1.29 is 13.7 Å². The van der Waals surface area contributed by atoms with E-state index >= 15 is 0 Å². The molecule has 1 atom stereocenters. The smallest absolute Gasteiger partial charge is 0.220 e. The Morgan fingerprint density at radius 2 is 1.77 bits per heavy atom. The second kappa shape index (κ2) is 12.5. The van der Waals surface area contributed by atoms with E-state index in [1.54, 1.807) is 19.2 Å². The van der Waals surface area contributed by atoms with E-state index in [-0.39, 0.29) is 5.91 Å². The molecule has 200 valence electrons. The predicted molar refractivity (Wildman–Crippen MR) is 158 cm³/mol. The van der Waals surface area contributed by atoms with Crippen LogP contribution in [0.5, 0.6) is 5.75 Å². The van der Waals surface area contributed by atoms with Crippen molar-refractivity contribution in [2.24, 2.45) is 0 Å². The molecule has 39 heavy (non-hydrogen) atoms. The fourth-order valence-corrected chi connectivity index (χ4v) is 6.52. The van der Waals surface area contributed by atoms with Crippen LogP contribution in [0.2, 0.25) is 4.34 Å². The number of rotatable bonds is 11. The van der Waals surface area contributed by atoms with Gasteiger partial charge in [0.2, 0.25) is 5.91 Å². The van der Waals surface area contributed by atoms with Gasteiger partial charge in [0.05, 0.1) is 28.9 Å². The summed E-state index contributed by atoms with van der Waals surface area (Å²) in [6.07, 6.45) is 1.16. The molecule has 10 heteroatoms. The molecule has 5 aromatic rings. The van der Waals surface area contributed by atoms with Gasteiger partial charge in [-0.15, -0.1) is 11.3 Å². The van der Waals surface area contributed by atoms with E-state index in [9.17, 15) is 9.00 Å². The highest BCUT2D eigenvalue weighted by Crippen LogP contribution is 2.34. The molecule has 0 saturated heterocycles. The molecule has 2 aromatic heterocycles. The zero-order valence-electron chi connectivity index (χ0n) is 21.2. The van der Waals surface area contributed by atoms with Gasteiger partial charge in [0, 0.05) is 13.0 Å². The number of carbonyl (C=O) groups excluding carboxylic acids is 1. The monoisotopic (exact) mass is 578 g/mol. The number of halogens is 1. The van der Waals surface area contributed by atoms with E-state index < -0.39 is 11.0 Å². The molecule has 0 aliphatic rings. The maximum absolute atomic E-state index is 13.0. The van der Waals surface area contributed by atoms with Crippen LogP contribution in [0.25, 0.3) is 10.9 Å². The minimum absolute atomic E-state index is 0.0187. The number of amides is 1. The molecule has 1 unspecified atom stereocenters. The summed E-state index contributed by atoms with van der Waals surface area (Å²) in [7, 11) is 0.0750. The Labute approximate surface area is 238 Å². The zero-order chi connectivity index (χ0) is 27.2. The van der Waals surface area contributed by atoms with Crippen LogP contribution in [-0.2, 0) is 35.3 Å². The molecular weight excluding hydrogens is 552 g/mol. The normalized spacial score (nSPS) is 11.8. The van der Waals surface area contributed by atoms with Crippen LogP contribution >= 0.6 is 22.9 Å². The molecule has 2 N–H and O–H groups in total. The van der Waals surface area contributed by atoms with Crippen molar-refractivity contribution in [3.63, 3.8) is 0 Å². The van der Waals surface area contributed by atoms with Gasteiger partial charge in [0.15, 0.2) is 16.8 Å². The predicted octanol–water partition coefficient (Wildman–Crippen LogP) is 6.19. The van der Waals surface area contributed by atoms with E-state index in [2.05, 4.69) is 16.1 Å². The highest BCUT2D eigenvalue weighted by Gasteiger charge is 2.18. The van der Waals surface area contributed by atoms with E-state index in [1.165, 1.54) is 11.3 Å². The van der Waals surface area contributed by atoms with Crippen LogP contribution in [0.3, 0.4) is 0 Å². The number of thiophene rings is 1. The van der Waals surface area contributed by atoms with Gasteiger partial charge in [0.25, 0.3) is 0 Å². The van der Waals surface area contributed by atoms with Gasteiger partial charge in [-0.25, -0.2) is 4.21 Å². The summed E-state index contributed by atoms with van der Waals surface area (Å²) in [6.45, 7) is 0.933. The molecule has 0 aliphatic carbocycles. The number of methoxy groups -OCH3 is 1. The van der Waals surface area contributed by atoms with Crippen molar-refractivity contribution in [2.45, 2.75) is 30.1 Å². The number of aromatic nitrogens is 2. The fourth-order valence-electron chi connectivity index (χ4n) is 4.30. The van der Waals surface area contributed by atoms with Crippen LogP contribution in [-0.4, -0.2) is 27.0 Å². The Balaban J connectivity index is 1.30. The number of aryl methyl sites for hydroxylation is 1. The first kappa shape index (κ1) is 26.9. The quantitative estimate of drug-likeness (QED) is 0.196. The topological polar surface area (TPSA) is 85.2 Å². The molecule has 0 spiro atoms. The number of nitrogens with one attached hydrogen (secondary N) is 2. The first-order chi connectivity index (χ1) is 19.0. The van der Waals surface area contributed by atoms with Gasteiger partial charge in [-0.1, -0.05) is 72.3 Å². The standard InChI is InChI=1S/C29H27ClN4O3S2/c1-37-24-12-6-11-23-28(24)29(33-39(36)27-16-14-25(30)38-27)32-34(23)19-22-10-5-9-21(17-22)18-31-26(35)15-13-20-7-3-2-4-8-20/h2-12,14,16-17H,13,15,18-19H2,1H3,(H,31,35)(H,32,33). The Morgan fingerprint density at radius 3 is 2.54 bits per heavy atom. The lowest BCUT2D eigenvalue weighted by molar-refractivity contribution is -0.121. The van der Waals surface area contributed by atoms with Gasteiger partial charge < -0.3 is 10.1 Å². The molecule has 3 aromatic carbocycles. The number of carbonyl (C=O) groups is 1. The van der Waals surface area contributed by atoms with Gasteiger partial charge in [0.1, 0.15) is 9.96 Å². The molecule has 5 rings (SSSR count). The lowest BCUT2D eigenvalue weighted by Gasteiger charge is -2.09. The Bertz CT molecular complexity index is 1620. The molecule has 7 nitrogen and oxygen atoms in total.